The van der Waals surface area contributed by atoms with Gasteiger partial charge in [0.2, 0.25) is 0 Å². The summed E-state index contributed by atoms with van der Waals surface area (Å²) in [7, 11) is 0. The third-order valence-electron chi connectivity index (χ3n) is 3.01. The third-order valence-corrected chi connectivity index (χ3v) is 5.56. The summed E-state index contributed by atoms with van der Waals surface area (Å²) >= 11 is 6.71. The van der Waals surface area contributed by atoms with Crippen molar-refractivity contribution in [2.75, 3.05) is 11.9 Å². The van der Waals surface area contributed by atoms with Crippen LogP contribution in [-0.2, 0) is 0 Å². The fourth-order valence-corrected chi connectivity index (χ4v) is 4.48. The van der Waals surface area contributed by atoms with Crippen molar-refractivity contribution in [2.24, 2.45) is 5.92 Å². The normalized spacial score (nSPS) is 12.8. The maximum atomic E-state index is 12.0. The van der Waals surface area contributed by atoms with Crippen molar-refractivity contribution in [3.05, 3.63) is 22.4 Å². The minimum absolute atomic E-state index is 0.0661. The van der Waals surface area contributed by atoms with Crippen molar-refractivity contribution in [2.45, 2.75) is 19.8 Å². The van der Waals surface area contributed by atoms with Gasteiger partial charge in [0.15, 0.2) is 0 Å². The Balaban J connectivity index is 1.93. The van der Waals surface area contributed by atoms with Crippen molar-refractivity contribution in [3.8, 4) is 0 Å². The highest BCUT2D eigenvalue weighted by atomic mass is 79.9. The van der Waals surface area contributed by atoms with E-state index in [2.05, 4.69) is 39.6 Å². The lowest BCUT2D eigenvalue weighted by molar-refractivity contribution is 0.0950. The number of hydrogen-bond acceptors (Lipinski definition) is 3. The number of thiophene rings is 2. The number of rotatable bonds is 6. The minimum atomic E-state index is 0.0661. The van der Waals surface area contributed by atoms with E-state index in [-0.39, 0.29) is 5.91 Å². The van der Waals surface area contributed by atoms with E-state index in [4.69, 9.17) is 0 Å². The largest absolute Gasteiger partial charge is 0.351 e. The van der Waals surface area contributed by atoms with E-state index in [1.807, 2.05) is 6.07 Å². The SMILES string of the molecule is CCC(CCBr)CNC(=O)c1cc2sccc2s1. The number of amides is 1. The average molecular weight is 346 g/mol. The standard InChI is InChI=1S/C13H16BrNOS2/c1-2-9(3-5-14)8-15-13(16)12-7-11-10(18-12)4-6-17-11/h4,6-7,9H,2-3,5,8H2,1H3,(H,15,16). The molecule has 0 aliphatic carbocycles. The molecule has 2 rings (SSSR count). The number of nitrogens with one attached hydrogen (secondary N) is 1. The fraction of sp³-hybridized carbons (Fsp3) is 0.462. The average Bonchev–Trinajstić information content (AvgIpc) is 2.94. The van der Waals surface area contributed by atoms with E-state index in [1.54, 1.807) is 22.7 Å². The zero-order valence-electron chi connectivity index (χ0n) is 10.2. The minimum Gasteiger partial charge on any atom is -0.351 e. The van der Waals surface area contributed by atoms with Gasteiger partial charge in [-0.3, -0.25) is 4.79 Å². The first kappa shape index (κ1) is 14.0. The van der Waals surface area contributed by atoms with E-state index in [0.29, 0.717) is 5.92 Å². The van der Waals surface area contributed by atoms with Crippen molar-refractivity contribution < 1.29 is 4.79 Å². The van der Waals surface area contributed by atoms with Crippen LogP contribution in [0.4, 0.5) is 0 Å². The second-order valence-electron chi connectivity index (χ2n) is 4.22. The first-order valence-electron chi connectivity index (χ1n) is 6.05. The molecule has 0 saturated heterocycles. The summed E-state index contributed by atoms with van der Waals surface area (Å²) in [5.74, 6) is 0.630. The molecular formula is C13H16BrNOS2. The quantitative estimate of drug-likeness (QED) is 0.767. The molecule has 98 valence electrons. The van der Waals surface area contributed by atoms with E-state index in [0.717, 1.165) is 29.6 Å². The van der Waals surface area contributed by atoms with E-state index in [1.165, 1.54) is 9.40 Å². The van der Waals surface area contributed by atoms with Gasteiger partial charge in [0.25, 0.3) is 5.91 Å². The molecule has 0 aliphatic rings. The van der Waals surface area contributed by atoms with Crippen molar-refractivity contribution in [3.63, 3.8) is 0 Å². The maximum Gasteiger partial charge on any atom is 0.261 e. The molecule has 0 saturated carbocycles. The molecule has 1 N–H and O–H groups in total. The number of hydrogen-bond donors (Lipinski definition) is 1. The summed E-state index contributed by atoms with van der Waals surface area (Å²) in [6, 6.07) is 4.06. The highest BCUT2D eigenvalue weighted by Gasteiger charge is 2.12. The predicted molar refractivity (Wildman–Crippen MR) is 84.2 cm³/mol. The second kappa shape index (κ2) is 6.68. The van der Waals surface area contributed by atoms with Crippen molar-refractivity contribution in [1.82, 2.24) is 5.32 Å². The summed E-state index contributed by atoms with van der Waals surface area (Å²) in [6.45, 7) is 2.94. The molecule has 18 heavy (non-hydrogen) atoms. The Morgan fingerprint density at radius 2 is 2.33 bits per heavy atom. The summed E-state index contributed by atoms with van der Waals surface area (Å²) in [5.41, 5.74) is 0. The van der Waals surface area contributed by atoms with Crippen LogP contribution < -0.4 is 5.32 Å². The molecule has 0 fully saturated rings. The number of alkyl halides is 1. The maximum absolute atomic E-state index is 12.0. The molecule has 0 aliphatic heterocycles. The van der Waals surface area contributed by atoms with Crippen LogP contribution in [0.3, 0.4) is 0 Å². The third kappa shape index (κ3) is 3.33. The Morgan fingerprint density at radius 1 is 1.50 bits per heavy atom. The van der Waals surface area contributed by atoms with Gasteiger partial charge in [-0.2, -0.15) is 0 Å². The van der Waals surface area contributed by atoms with E-state index < -0.39 is 0 Å². The van der Waals surface area contributed by atoms with Gasteiger partial charge in [0, 0.05) is 21.3 Å². The molecule has 2 heterocycles. The van der Waals surface area contributed by atoms with Crippen LogP contribution in [-0.4, -0.2) is 17.8 Å². The number of carbonyl (C=O) groups excluding carboxylic acids is 1. The molecule has 5 heteroatoms. The van der Waals surface area contributed by atoms with Crippen LogP contribution in [0.2, 0.25) is 0 Å². The van der Waals surface area contributed by atoms with Gasteiger partial charge in [0.1, 0.15) is 0 Å². The molecule has 0 spiro atoms. The lowest BCUT2D eigenvalue weighted by Crippen LogP contribution is -2.28. The molecule has 1 unspecified atom stereocenters. The Hall–Kier alpha value is -0.390. The van der Waals surface area contributed by atoms with Crippen LogP contribution in [0.15, 0.2) is 17.5 Å². The van der Waals surface area contributed by atoms with Gasteiger partial charge in [-0.05, 0) is 29.9 Å². The summed E-state index contributed by atoms with van der Waals surface area (Å²) in [6.07, 6.45) is 2.21. The lowest BCUT2D eigenvalue weighted by atomic mass is 10.0. The number of carbonyl (C=O) groups is 1. The number of fused-ring (bicyclic) bond motifs is 1. The molecule has 1 atom stereocenters. The van der Waals surface area contributed by atoms with Crippen LogP contribution in [0.25, 0.3) is 9.40 Å². The molecule has 0 bridgehead atoms. The highest BCUT2D eigenvalue weighted by molar-refractivity contribution is 9.09. The molecule has 0 aromatic carbocycles. The topological polar surface area (TPSA) is 29.1 Å². The predicted octanol–water partition coefficient (Wildman–Crippen LogP) is 4.50. The van der Waals surface area contributed by atoms with E-state index in [9.17, 15) is 4.79 Å². The zero-order chi connectivity index (χ0) is 13.0. The van der Waals surface area contributed by atoms with Crippen LogP contribution >= 0.6 is 38.6 Å². The first-order valence-corrected chi connectivity index (χ1v) is 8.87. The zero-order valence-corrected chi connectivity index (χ0v) is 13.5. The van der Waals surface area contributed by atoms with Gasteiger partial charge in [-0.1, -0.05) is 29.3 Å². The Kier molecular flexibility index (Phi) is 5.21. The monoisotopic (exact) mass is 345 g/mol. The first-order chi connectivity index (χ1) is 8.74. The van der Waals surface area contributed by atoms with Gasteiger partial charge >= 0.3 is 0 Å². The number of halogens is 1. The van der Waals surface area contributed by atoms with E-state index >= 15 is 0 Å². The molecular weight excluding hydrogens is 330 g/mol. The van der Waals surface area contributed by atoms with Gasteiger partial charge in [-0.25, -0.2) is 0 Å². The van der Waals surface area contributed by atoms with Crippen LogP contribution in [0.1, 0.15) is 29.4 Å². The summed E-state index contributed by atoms with van der Waals surface area (Å²) < 4.78 is 2.41. The highest BCUT2D eigenvalue weighted by Crippen LogP contribution is 2.29. The van der Waals surface area contributed by atoms with Crippen LogP contribution in [0.5, 0.6) is 0 Å². The molecule has 0 radical (unpaired) electrons. The summed E-state index contributed by atoms with van der Waals surface area (Å²) in [4.78, 5) is 12.9. The Labute approximate surface area is 124 Å². The molecule has 2 nitrogen and oxygen atoms in total. The van der Waals surface area contributed by atoms with Crippen LogP contribution in [0, 0.1) is 5.92 Å². The molecule has 2 aromatic rings. The summed E-state index contributed by atoms with van der Waals surface area (Å²) in [5, 5.41) is 6.10. The van der Waals surface area contributed by atoms with Crippen molar-refractivity contribution >= 4 is 53.9 Å². The Bertz CT molecular complexity index is 491. The smallest absolute Gasteiger partial charge is 0.261 e. The van der Waals surface area contributed by atoms with Gasteiger partial charge in [-0.15, -0.1) is 22.7 Å². The second-order valence-corrected chi connectivity index (χ2v) is 7.05. The van der Waals surface area contributed by atoms with Gasteiger partial charge < -0.3 is 5.32 Å². The lowest BCUT2D eigenvalue weighted by Gasteiger charge is -2.13. The van der Waals surface area contributed by atoms with Gasteiger partial charge in [0.05, 0.1) is 4.88 Å². The fourth-order valence-electron chi connectivity index (χ4n) is 1.81. The Morgan fingerprint density at radius 3 is 3.00 bits per heavy atom. The molecule has 2 aromatic heterocycles. The molecule has 1 amide bonds. The van der Waals surface area contributed by atoms with Crippen molar-refractivity contribution in [1.29, 1.82) is 0 Å².